The summed E-state index contributed by atoms with van der Waals surface area (Å²) in [4.78, 5) is 22.5. The summed E-state index contributed by atoms with van der Waals surface area (Å²) in [7, 11) is 0. The van der Waals surface area contributed by atoms with Crippen molar-refractivity contribution in [3.8, 4) is 11.5 Å². The number of aryl methyl sites for hydroxylation is 1. The van der Waals surface area contributed by atoms with E-state index in [4.69, 9.17) is 22.1 Å². The monoisotopic (exact) mass is 434 g/mol. The Morgan fingerprint density at radius 3 is 2.53 bits per heavy atom. The molecule has 30 heavy (non-hydrogen) atoms. The van der Waals surface area contributed by atoms with E-state index in [1.54, 1.807) is 30.3 Å². The number of rotatable bonds is 10. The number of amides is 1. The van der Waals surface area contributed by atoms with E-state index < -0.39 is 11.7 Å². The average molecular weight is 435 g/mol. The predicted molar refractivity (Wildman–Crippen MR) is 116 cm³/mol. The molecule has 0 saturated carbocycles. The smallest absolute Gasteiger partial charge is 0.218 e. The molecule has 0 spiro atoms. The molecule has 0 fully saturated rings. The number of hydrogen-bond donors (Lipinski definition) is 2. The molecule has 0 radical (unpaired) electrons. The summed E-state index contributed by atoms with van der Waals surface area (Å²) in [5.74, 6) is -0.540. The number of Topliss-reactive ketones (excluding diaryl/α,β-unsaturated/α-hetero) is 1. The fourth-order valence-electron chi connectivity index (χ4n) is 3.36. The van der Waals surface area contributed by atoms with E-state index in [0.717, 1.165) is 11.1 Å². The lowest BCUT2D eigenvalue weighted by Crippen LogP contribution is -2.34. The maximum absolute atomic E-state index is 15.3. The van der Waals surface area contributed by atoms with Crippen LogP contribution in [0.1, 0.15) is 56.3 Å². The van der Waals surface area contributed by atoms with Gasteiger partial charge >= 0.3 is 0 Å². The Labute approximate surface area is 181 Å². The molecule has 5 nitrogen and oxygen atoms in total. The van der Waals surface area contributed by atoms with Crippen molar-refractivity contribution < 1.29 is 18.7 Å². The molecule has 0 aliphatic carbocycles. The number of benzene rings is 2. The molecule has 2 atom stereocenters. The largest absolute Gasteiger partial charge is 0.453 e. The summed E-state index contributed by atoms with van der Waals surface area (Å²) in [5, 5.41) is 3.38. The minimum absolute atomic E-state index is 0.0595. The van der Waals surface area contributed by atoms with Crippen molar-refractivity contribution in [3.63, 3.8) is 0 Å². The highest BCUT2D eigenvalue weighted by molar-refractivity contribution is 6.32. The van der Waals surface area contributed by atoms with Crippen LogP contribution in [0.5, 0.6) is 11.5 Å². The van der Waals surface area contributed by atoms with Crippen molar-refractivity contribution in [1.82, 2.24) is 5.32 Å². The molecule has 2 rings (SSSR count). The van der Waals surface area contributed by atoms with Crippen molar-refractivity contribution in [3.05, 3.63) is 57.9 Å². The molecule has 0 saturated heterocycles. The van der Waals surface area contributed by atoms with E-state index in [-0.39, 0.29) is 35.1 Å². The molecule has 3 N–H and O–H groups in total. The first-order valence-corrected chi connectivity index (χ1v) is 10.3. The topological polar surface area (TPSA) is 81.4 Å². The van der Waals surface area contributed by atoms with Crippen molar-refractivity contribution in [2.75, 3.05) is 0 Å². The van der Waals surface area contributed by atoms with Gasteiger partial charge in [0.1, 0.15) is 11.5 Å². The number of ether oxygens (including phenoxy) is 1. The standard InChI is InChI=1S/C23H28ClFN2O3/c1-5-20(27-14(3)11-21(26)29)18-8-9-19(24)23(22(18)25)30-17-7-6-16(12-15(4)28)13(2)10-17/h6-10,14,20,27H,5,11-12H2,1-4H3,(H2,26,29)/t14-,20-/m1/s1. The van der Waals surface area contributed by atoms with Crippen molar-refractivity contribution in [2.24, 2.45) is 5.73 Å². The highest BCUT2D eigenvalue weighted by atomic mass is 35.5. The quantitative estimate of drug-likeness (QED) is 0.550. The maximum atomic E-state index is 15.3. The van der Waals surface area contributed by atoms with Gasteiger partial charge in [-0.05, 0) is 56.5 Å². The van der Waals surface area contributed by atoms with Gasteiger partial charge in [0.25, 0.3) is 0 Å². The Kier molecular flexibility index (Phi) is 8.38. The second-order valence-electron chi connectivity index (χ2n) is 7.55. The Morgan fingerprint density at radius 1 is 1.27 bits per heavy atom. The highest BCUT2D eigenvalue weighted by Crippen LogP contribution is 2.37. The lowest BCUT2D eigenvalue weighted by Gasteiger charge is -2.23. The summed E-state index contributed by atoms with van der Waals surface area (Å²) < 4.78 is 21.1. The first-order valence-electron chi connectivity index (χ1n) is 9.91. The molecule has 1 amide bonds. The van der Waals surface area contributed by atoms with E-state index in [1.165, 1.54) is 6.92 Å². The van der Waals surface area contributed by atoms with Gasteiger partial charge in [0.15, 0.2) is 11.6 Å². The second kappa shape index (κ2) is 10.5. The van der Waals surface area contributed by atoms with Gasteiger partial charge in [-0.1, -0.05) is 30.7 Å². The number of carbonyl (C=O) groups is 2. The summed E-state index contributed by atoms with van der Waals surface area (Å²) >= 11 is 6.22. The van der Waals surface area contributed by atoms with E-state index in [0.29, 0.717) is 24.2 Å². The second-order valence-corrected chi connectivity index (χ2v) is 7.96. The minimum Gasteiger partial charge on any atom is -0.453 e. The fraction of sp³-hybridized carbons (Fsp3) is 0.391. The molecule has 2 aromatic carbocycles. The highest BCUT2D eigenvalue weighted by Gasteiger charge is 2.22. The van der Waals surface area contributed by atoms with Crippen LogP contribution in [-0.2, 0) is 16.0 Å². The molecular formula is C23H28ClFN2O3. The zero-order chi connectivity index (χ0) is 22.4. The van der Waals surface area contributed by atoms with Crippen LogP contribution in [0.2, 0.25) is 5.02 Å². The van der Waals surface area contributed by atoms with Gasteiger partial charge in [0.05, 0.1) is 5.02 Å². The zero-order valence-electron chi connectivity index (χ0n) is 17.7. The third-order valence-electron chi connectivity index (χ3n) is 4.83. The van der Waals surface area contributed by atoms with Crippen LogP contribution in [0.15, 0.2) is 30.3 Å². The van der Waals surface area contributed by atoms with Crippen LogP contribution in [0, 0.1) is 12.7 Å². The molecule has 0 unspecified atom stereocenters. The molecule has 7 heteroatoms. The zero-order valence-corrected chi connectivity index (χ0v) is 18.5. The number of ketones is 1. The number of primary amides is 1. The number of nitrogens with one attached hydrogen (secondary N) is 1. The summed E-state index contributed by atoms with van der Waals surface area (Å²) in [5.41, 5.74) is 7.43. The SMILES string of the molecule is CC[C@@H](N[C@H](C)CC(N)=O)c1ccc(Cl)c(Oc2ccc(CC(C)=O)c(C)c2)c1F. The lowest BCUT2D eigenvalue weighted by atomic mass is 10.0. The van der Waals surface area contributed by atoms with Crippen LogP contribution in [0.25, 0.3) is 0 Å². The number of nitrogens with two attached hydrogens (primary N) is 1. The fourth-order valence-corrected chi connectivity index (χ4v) is 3.54. The summed E-state index contributed by atoms with van der Waals surface area (Å²) in [6, 6.07) is 7.91. The normalized spacial score (nSPS) is 13.0. The first-order chi connectivity index (χ1) is 14.1. The van der Waals surface area contributed by atoms with E-state index in [1.807, 2.05) is 20.8 Å². The maximum Gasteiger partial charge on any atom is 0.218 e. The molecular weight excluding hydrogens is 407 g/mol. The van der Waals surface area contributed by atoms with Gasteiger partial charge in [-0.15, -0.1) is 0 Å². The number of hydrogen-bond acceptors (Lipinski definition) is 4. The van der Waals surface area contributed by atoms with E-state index >= 15 is 4.39 Å². The van der Waals surface area contributed by atoms with Gasteiger partial charge in [-0.25, -0.2) is 4.39 Å². The van der Waals surface area contributed by atoms with Crippen LogP contribution in [0.4, 0.5) is 4.39 Å². The van der Waals surface area contributed by atoms with Crippen molar-refractivity contribution in [2.45, 2.75) is 59.0 Å². The molecule has 0 aliphatic rings. The number of carbonyl (C=O) groups excluding carboxylic acids is 2. The molecule has 0 bridgehead atoms. The third-order valence-corrected chi connectivity index (χ3v) is 5.13. The third kappa shape index (κ3) is 6.28. The van der Waals surface area contributed by atoms with Gasteiger partial charge < -0.3 is 15.8 Å². The molecule has 2 aromatic rings. The van der Waals surface area contributed by atoms with E-state index in [2.05, 4.69) is 5.32 Å². The Hall–Kier alpha value is -2.44. The molecule has 0 heterocycles. The van der Waals surface area contributed by atoms with Crippen molar-refractivity contribution in [1.29, 1.82) is 0 Å². The van der Waals surface area contributed by atoms with Crippen LogP contribution in [0.3, 0.4) is 0 Å². The Balaban J connectivity index is 2.30. The van der Waals surface area contributed by atoms with Crippen LogP contribution >= 0.6 is 11.6 Å². The Bertz CT molecular complexity index is 933. The number of halogens is 2. The van der Waals surface area contributed by atoms with Crippen molar-refractivity contribution >= 4 is 23.3 Å². The Morgan fingerprint density at radius 2 is 1.97 bits per heavy atom. The van der Waals surface area contributed by atoms with Gasteiger partial charge in [0, 0.05) is 30.5 Å². The predicted octanol–water partition coefficient (Wildman–Crippen LogP) is 5.02. The first kappa shape index (κ1) is 23.8. The van der Waals surface area contributed by atoms with Crippen LogP contribution < -0.4 is 15.8 Å². The van der Waals surface area contributed by atoms with E-state index in [9.17, 15) is 9.59 Å². The van der Waals surface area contributed by atoms with Gasteiger partial charge in [-0.3, -0.25) is 9.59 Å². The molecule has 0 aliphatic heterocycles. The lowest BCUT2D eigenvalue weighted by molar-refractivity contribution is -0.118. The summed E-state index contributed by atoms with van der Waals surface area (Å²) in [6.45, 7) is 7.15. The van der Waals surface area contributed by atoms with Gasteiger partial charge in [0.2, 0.25) is 5.91 Å². The molecule has 162 valence electrons. The van der Waals surface area contributed by atoms with Gasteiger partial charge in [-0.2, -0.15) is 0 Å². The minimum atomic E-state index is -0.557. The average Bonchev–Trinajstić information content (AvgIpc) is 2.65. The van der Waals surface area contributed by atoms with Crippen LogP contribution in [-0.4, -0.2) is 17.7 Å². The molecule has 0 aromatic heterocycles. The summed E-state index contributed by atoms with van der Waals surface area (Å²) in [6.07, 6.45) is 1.09.